The van der Waals surface area contributed by atoms with Crippen molar-refractivity contribution in [2.75, 3.05) is 19.5 Å². The molecule has 4 nitrogen and oxygen atoms in total. The lowest BCUT2D eigenvalue weighted by Gasteiger charge is -2.23. The Hall–Kier alpha value is -2.06. The molecule has 5 heteroatoms. The van der Waals surface area contributed by atoms with Gasteiger partial charge >= 0.3 is 5.97 Å². The third-order valence-corrected chi connectivity index (χ3v) is 7.40. The molecule has 0 saturated heterocycles. The van der Waals surface area contributed by atoms with Gasteiger partial charge in [-0.1, -0.05) is 6.07 Å². The SMILES string of the molecule is COC(=O)Cc1cc[p+]2c(c1)C1Nc3cccc(OC)c3C1CC2. The van der Waals surface area contributed by atoms with Gasteiger partial charge in [-0.05, 0) is 36.2 Å². The van der Waals surface area contributed by atoms with E-state index in [0.717, 1.165) is 11.3 Å². The summed E-state index contributed by atoms with van der Waals surface area (Å²) in [6.45, 7) is 0. The van der Waals surface area contributed by atoms with Gasteiger partial charge in [0.15, 0.2) is 0 Å². The van der Waals surface area contributed by atoms with Crippen molar-refractivity contribution in [1.29, 1.82) is 0 Å². The van der Waals surface area contributed by atoms with Gasteiger partial charge in [0.25, 0.3) is 0 Å². The van der Waals surface area contributed by atoms with E-state index in [2.05, 4.69) is 29.3 Å². The van der Waals surface area contributed by atoms with Crippen LogP contribution in [-0.4, -0.2) is 20.2 Å². The largest absolute Gasteiger partial charge is 0.496 e. The summed E-state index contributed by atoms with van der Waals surface area (Å²) >= 11 is 0. The molecule has 24 heavy (non-hydrogen) atoms. The van der Waals surface area contributed by atoms with Crippen molar-refractivity contribution in [3.05, 3.63) is 52.6 Å². The predicted octanol–water partition coefficient (Wildman–Crippen LogP) is 4.33. The quantitative estimate of drug-likeness (QED) is 0.844. The van der Waals surface area contributed by atoms with E-state index in [1.165, 1.54) is 36.2 Å². The van der Waals surface area contributed by atoms with Crippen molar-refractivity contribution in [3.63, 3.8) is 0 Å². The molecule has 0 radical (unpaired) electrons. The van der Waals surface area contributed by atoms with E-state index in [4.69, 9.17) is 9.47 Å². The Balaban J connectivity index is 1.72. The molecule has 3 atom stereocenters. The smallest absolute Gasteiger partial charge is 0.309 e. The molecule has 0 spiro atoms. The van der Waals surface area contributed by atoms with Gasteiger partial charge in [-0.25, -0.2) is 0 Å². The van der Waals surface area contributed by atoms with Gasteiger partial charge in [0.2, 0.25) is 0 Å². The number of aryl methyl sites for hydroxylation is 1. The number of methoxy groups -OCH3 is 2. The Morgan fingerprint density at radius 1 is 1.33 bits per heavy atom. The van der Waals surface area contributed by atoms with Gasteiger partial charge in [0, 0.05) is 17.2 Å². The molecule has 3 unspecified atom stereocenters. The fourth-order valence-corrected chi connectivity index (χ4v) is 6.39. The molecule has 4 rings (SSSR count). The molecular formula is C19H21NO3P+. The lowest BCUT2D eigenvalue weighted by atomic mass is 9.90. The van der Waals surface area contributed by atoms with Gasteiger partial charge in [0.05, 0.1) is 26.7 Å². The molecule has 2 aliphatic rings. The van der Waals surface area contributed by atoms with Crippen molar-refractivity contribution in [3.8, 4) is 5.75 Å². The van der Waals surface area contributed by atoms with Crippen molar-refractivity contribution < 1.29 is 14.3 Å². The molecule has 1 N–H and O–H groups in total. The van der Waals surface area contributed by atoms with Crippen LogP contribution in [0.5, 0.6) is 5.75 Å². The summed E-state index contributed by atoms with van der Waals surface area (Å²) in [5.41, 5.74) is 3.54. The Labute approximate surface area is 142 Å². The van der Waals surface area contributed by atoms with Crippen LogP contribution in [-0.2, 0) is 22.1 Å². The Bertz CT molecular complexity index is 805. The summed E-state index contributed by atoms with van der Waals surface area (Å²) in [5, 5.41) is 5.15. The highest BCUT2D eigenvalue weighted by molar-refractivity contribution is 7.49. The minimum atomic E-state index is -0.246. The first kappa shape index (κ1) is 15.5. The second kappa shape index (κ2) is 6.10. The molecule has 124 valence electrons. The number of carbonyl (C=O) groups is 1. The molecule has 0 amide bonds. The van der Waals surface area contributed by atoms with Gasteiger partial charge < -0.3 is 14.8 Å². The number of hydrogen-bond donors (Lipinski definition) is 1. The van der Waals surface area contributed by atoms with Crippen LogP contribution in [0, 0.1) is 0 Å². The summed E-state index contributed by atoms with van der Waals surface area (Å²) in [4.78, 5) is 11.6. The molecule has 0 fully saturated rings. The van der Waals surface area contributed by atoms with Crippen LogP contribution in [0.3, 0.4) is 0 Å². The molecule has 1 aromatic carbocycles. The Morgan fingerprint density at radius 3 is 3.00 bits per heavy atom. The highest BCUT2D eigenvalue weighted by atomic mass is 31.1. The molecule has 0 saturated carbocycles. The van der Waals surface area contributed by atoms with E-state index in [9.17, 15) is 4.79 Å². The fourth-order valence-electron chi connectivity index (χ4n) is 3.95. The maximum atomic E-state index is 11.6. The maximum absolute atomic E-state index is 11.6. The van der Waals surface area contributed by atoms with Crippen LogP contribution >= 0.6 is 7.53 Å². The number of ether oxygens (including phenoxy) is 2. The highest BCUT2D eigenvalue weighted by Crippen LogP contribution is 2.58. The average Bonchev–Trinajstić information content (AvgIpc) is 3.00. The number of hydrogen-bond acceptors (Lipinski definition) is 4. The van der Waals surface area contributed by atoms with E-state index in [-0.39, 0.29) is 13.5 Å². The molecule has 1 aromatic heterocycles. The standard InChI is InChI=1S/C19H21NO3P/c1-22-15-5-3-4-14-18(15)13-7-9-24-8-6-12(11-17(21)23-2)10-16(24)19(13)20-14/h3-6,8,10,13,19-20H,7,9,11H2,1-2H3/q+1. The zero-order valence-electron chi connectivity index (χ0n) is 13.9. The average molecular weight is 342 g/mol. The summed E-state index contributed by atoms with van der Waals surface area (Å²) < 4.78 is 10.4. The highest BCUT2D eigenvalue weighted by Gasteiger charge is 2.43. The van der Waals surface area contributed by atoms with Crippen molar-refractivity contribution >= 4 is 19.2 Å². The van der Waals surface area contributed by atoms with Gasteiger partial charge in [-0.2, -0.15) is 0 Å². The monoisotopic (exact) mass is 342 g/mol. The number of rotatable bonds is 3. The van der Waals surface area contributed by atoms with Gasteiger partial charge in [-0.15, -0.1) is 0 Å². The van der Waals surface area contributed by atoms with Gasteiger partial charge in [0.1, 0.15) is 30.5 Å². The fraction of sp³-hybridized carbons (Fsp3) is 0.368. The minimum absolute atomic E-state index is 0.186. The zero-order valence-corrected chi connectivity index (χ0v) is 14.8. The summed E-state index contributed by atoms with van der Waals surface area (Å²) in [5.74, 6) is 3.55. The van der Waals surface area contributed by atoms with Crippen molar-refractivity contribution in [2.24, 2.45) is 0 Å². The van der Waals surface area contributed by atoms with E-state index in [0.29, 0.717) is 18.4 Å². The number of benzene rings is 1. The lowest BCUT2D eigenvalue weighted by Crippen LogP contribution is -2.16. The zero-order chi connectivity index (χ0) is 16.7. The molecule has 2 aromatic rings. The first-order valence-electron chi connectivity index (χ1n) is 8.23. The minimum Gasteiger partial charge on any atom is -0.496 e. The van der Waals surface area contributed by atoms with Crippen LogP contribution in [0.25, 0.3) is 0 Å². The predicted molar refractivity (Wildman–Crippen MR) is 96.0 cm³/mol. The number of anilines is 1. The van der Waals surface area contributed by atoms with Crippen molar-refractivity contribution in [2.45, 2.75) is 31.0 Å². The van der Waals surface area contributed by atoms with Crippen LogP contribution in [0.4, 0.5) is 5.69 Å². The van der Waals surface area contributed by atoms with E-state index >= 15 is 0 Å². The van der Waals surface area contributed by atoms with E-state index < -0.39 is 0 Å². The molecule has 0 aliphatic carbocycles. The van der Waals surface area contributed by atoms with Crippen LogP contribution in [0.15, 0.2) is 36.1 Å². The van der Waals surface area contributed by atoms with Crippen molar-refractivity contribution in [1.82, 2.24) is 0 Å². The second-order valence-electron chi connectivity index (χ2n) is 6.34. The topological polar surface area (TPSA) is 47.6 Å². The third-order valence-electron chi connectivity index (χ3n) is 5.08. The number of carbonyl (C=O) groups excluding carboxylic acids is 1. The van der Waals surface area contributed by atoms with E-state index in [1.807, 2.05) is 12.1 Å². The van der Waals surface area contributed by atoms with Crippen LogP contribution in [0.2, 0.25) is 0 Å². The van der Waals surface area contributed by atoms with E-state index in [1.54, 1.807) is 7.11 Å². The third kappa shape index (κ3) is 2.46. The molecule has 0 bridgehead atoms. The van der Waals surface area contributed by atoms with Crippen LogP contribution < -0.4 is 10.1 Å². The Morgan fingerprint density at radius 2 is 2.21 bits per heavy atom. The van der Waals surface area contributed by atoms with Gasteiger partial charge in [-0.3, -0.25) is 4.79 Å². The first-order valence-corrected chi connectivity index (χ1v) is 9.83. The maximum Gasteiger partial charge on any atom is 0.309 e. The first-order chi connectivity index (χ1) is 11.7. The Kier molecular flexibility index (Phi) is 3.93. The second-order valence-corrected chi connectivity index (χ2v) is 8.55. The summed E-state index contributed by atoms with van der Waals surface area (Å²) in [6.07, 6.45) is 2.71. The summed E-state index contributed by atoms with van der Waals surface area (Å²) in [7, 11) is 2.93. The molecular weight excluding hydrogens is 321 g/mol. The number of esters is 1. The molecule has 2 aliphatic heterocycles. The lowest BCUT2D eigenvalue weighted by molar-refractivity contribution is -0.139. The normalized spacial score (nSPS) is 21.2. The number of fused-ring (bicyclic) bond motifs is 5. The number of nitrogens with one attached hydrogen (secondary N) is 1. The summed E-state index contributed by atoms with van der Waals surface area (Å²) in [6, 6.07) is 10.9. The van der Waals surface area contributed by atoms with Crippen LogP contribution in [0.1, 0.15) is 34.8 Å². The molecule has 3 heterocycles.